The van der Waals surface area contributed by atoms with Gasteiger partial charge in [-0.05, 0) is 44.0 Å². The first kappa shape index (κ1) is 18.0. The molecule has 2 saturated heterocycles. The van der Waals surface area contributed by atoms with E-state index in [4.69, 9.17) is 0 Å². The van der Waals surface area contributed by atoms with E-state index in [0.717, 1.165) is 51.7 Å². The van der Waals surface area contributed by atoms with Gasteiger partial charge in [0, 0.05) is 32.7 Å². The molecule has 1 aromatic carbocycles. The lowest BCUT2D eigenvalue weighted by molar-refractivity contribution is 0.0605. The van der Waals surface area contributed by atoms with Crippen LogP contribution in [0.25, 0.3) is 0 Å². The monoisotopic (exact) mass is 339 g/mol. The molecule has 2 heterocycles. The molecule has 0 radical (unpaired) electrons. The summed E-state index contributed by atoms with van der Waals surface area (Å²) in [6.07, 6.45) is 2.52. The fraction of sp³-hybridized carbons (Fsp3) is 0.588. The van der Waals surface area contributed by atoms with Crippen molar-refractivity contribution in [2.75, 3.05) is 45.8 Å². The molecule has 23 heavy (non-hydrogen) atoms. The number of piperidine rings is 1. The second-order valence-corrected chi connectivity index (χ2v) is 6.30. The summed E-state index contributed by atoms with van der Waals surface area (Å²) in [6.45, 7) is 6.79. The Labute approximate surface area is 144 Å². The summed E-state index contributed by atoms with van der Waals surface area (Å²) in [5.74, 6) is 0.811. The molecule has 0 aromatic heterocycles. The van der Waals surface area contributed by atoms with Gasteiger partial charge in [0.25, 0.3) is 5.91 Å². The molecule has 3 rings (SSSR count). The molecule has 0 bridgehead atoms. The zero-order chi connectivity index (χ0) is 15.4. The minimum absolute atomic E-state index is 0. The summed E-state index contributed by atoms with van der Waals surface area (Å²) in [5.41, 5.74) is 0.411. The predicted octanol–water partition coefficient (Wildman–Crippen LogP) is 1.57. The summed E-state index contributed by atoms with van der Waals surface area (Å²) in [7, 11) is 0. The van der Waals surface area contributed by atoms with E-state index in [-0.39, 0.29) is 24.1 Å². The number of aromatic hydroxyl groups is 1. The molecule has 0 saturated carbocycles. The Hall–Kier alpha value is -1.30. The number of carbonyl (C=O) groups is 1. The number of halogens is 1. The van der Waals surface area contributed by atoms with Crippen molar-refractivity contribution in [2.24, 2.45) is 5.92 Å². The normalized spacial score (nSPS) is 20.1. The molecule has 1 aromatic rings. The van der Waals surface area contributed by atoms with Crippen molar-refractivity contribution in [3.8, 4) is 5.75 Å². The summed E-state index contributed by atoms with van der Waals surface area (Å²) in [4.78, 5) is 16.8. The average molecular weight is 340 g/mol. The van der Waals surface area contributed by atoms with Gasteiger partial charge < -0.3 is 15.3 Å². The predicted molar refractivity (Wildman–Crippen MR) is 93.3 cm³/mol. The van der Waals surface area contributed by atoms with Gasteiger partial charge in [0.1, 0.15) is 5.75 Å². The highest BCUT2D eigenvalue weighted by atomic mass is 35.5. The molecule has 2 aliphatic rings. The van der Waals surface area contributed by atoms with Gasteiger partial charge in [-0.2, -0.15) is 0 Å². The topological polar surface area (TPSA) is 55.8 Å². The molecular weight excluding hydrogens is 314 g/mol. The maximum Gasteiger partial charge on any atom is 0.257 e. The standard InChI is InChI=1S/C17H25N3O2.ClH/c21-16-4-2-1-3-15(16)17(22)20-11-9-19(10-12-20)13-14-5-7-18-8-6-14;/h1-4,14,18,21H,5-13H2;1H. The molecule has 2 N–H and O–H groups in total. The number of nitrogens with one attached hydrogen (secondary N) is 1. The quantitative estimate of drug-likeness (QED) is 0.877. The Kier molecular flexibility index (Phi) is 6.69. The fourth-order valence-electron chi connectivity index (χ4n) is 3.39. The third kappa shape index (κ3) is 4.59. The summed E-state index contributed by atoms with van der Waals surface area (Å²) in [6, 6.07) is 6.79. The number of amides is 1. The number of phenols is 1. The van der Waals surface area contributed by atoms with E-state index < -0.39 is 0 Å². The number of carbonyl (C=O) groups excluding carboxylic acids is 1. The van der Waals surface area contributed by atoms with E-state index in [1.54, 1.807) is 24.3 Å². The molecule has 1 amide bonds. The summed E-state index contributed by atoms with van der Waals surface area (Å²) < 4.78 is 0. The van der Waals surface area contributed by atoms with Crippen LogP contribution in [0, 0.1) is 5.92 Å². The molecule has 5 nitrogen and oxygen atoms in total. The molecule has 128 valence electrons. The van der Waals surface area contributed by atoms with E-state index in [2.05, 4.69) is 10.2 Å². The number of hydrogen-bond acceptors (Lipinski definition) is 4. The van der Waals surface area contributed by atoms with Crippen molar-refractivity contribution >= 4 is 18.3 Å². The van der Waals surface area contributed by atoms with Crippen LogP contribution in [-0.2, 0) is 0 Å². The van der Waals surface area contributed by atoms with Gasteiger partial charge in [-0.25, -0.2) is 0 Å². The van der Waals surface area contributed by atoms with Gasteiger partial charge in [-0.1, -0.05) is 12.1 Å². The fourth-order valence-corrected chi connectivity index (χ4v) is 3.39. The number of rotatable bonds is 3. The average Bonchev–Trinajstić information content (AvgIpc) is 2.56. The Bertz CT molecular complexity index is 512. The van der Waals surface area contributed by atoms with Gasteiger partial charge in [0.2, 0.25) is 0 Å². The lowest BCUT2D eigenvalue weighted by Crippen LogP contribution is -2.50. The van der Waals surface area contributed by atoms with Crippen molar-refractivity contribution in [2.45, 2.75) is 12.8 Å². The van der Waals surface area contributed by atoms with Gasteiger partial charge in [-0.15, -0.1) is 12.4 Å². The van der Waals surface area contributed by atoms with Gasteiger partial charge in [0.05, 0.1) is 5.56 Å². The van der Waals surface area contributed by atoms with Crippen LogP contribution < -0.4 is 5.32 Å². The first-order valence-corrected chi connectivity index (χ1v) is 8.24. The van der Waals surface area contributed by atoms with Crippen LogP contribution >= 0.6 is 12.4 Å². The van der Waals surface area contributed by atoms with Crippen LogP contribution in [0.15, 0.2) is 24.3 Å². The van der Waals surface area contributed by atoms with E-state index in [9.17, 15) is 9.90 Å². The molecule has 0 aliphatic carbocycles. The van der Waals surface area contributed by atoms with E-state index in [1.807, 2.05) is 4.90 Å². The smallest absolute Gasteiger partial charge is 0.257 e. The van der Waals surface area contributed by atoms with Crippen LogP contribution in [0.2, 0.25) is 0 Å². The maximum atomic E-state index is 12.5. The minimum Gasteiger partial charge on any atom is -0.507 e. The number of para-hydroxylation sites is 1. The SMILES string of the molecule is Cl.O=C(c1ccccc1O)N1CCN(CC2CCNCC2)CC1. The van der Waals surface area contributed by atoms with E-state index in [1.165, 1.54) is 12.8 Å². The number of benzene rings is 1. The molecule has 2 aliphatic heterocycles. The molecule has 6 heteroatoms. The van der Waals surface area contributed by atoms with Gasteiger partial charge in [0.15, 0.2) is 0 Å². The zero-order valence-electron chi connectivity index (χ0n) is 13.4. The van der Waals surface area contributed by atoms with Crippen LogP contribution in [0.4, 0.5) is 0 Å². The Morgan fingerprint density at radius 2 is 1.78 bits per heavy atom. The molecule has 0 unspecified atom stereocenters. The van der Waals surface area contributed by atoms with Crippen LogP contribution in [0.3, 0.4) is 0 Å². The molecule has 0 spiro atoms. The second kappa shape index (κ2) is 8.52. The lowest BCUT2D eigenvalue weighted by atomic mass is 9.97. The zero-order valence-corrected chi connectivity index (χ0v) is 14.2. The van der Waals surface area contributed by atoms with Gasteiger partial charge >= 0.3 is 0 Å². The van der Waals surface area contributed by atoms with Gasteiger partial charge in [-0.3, -0.25) is 9.69 Å². The Morgan fingerprint density at radius 1 is 1.13 bits per heavy atom. The number of nitrogens with zero attached hydrogens (tertiary/aromatic N) is 2. The van der Waals surface area contributed by atoms with Crippen LogP contribution in [0.5, 0.6) is 5.75 Å². The van der Waals surface area contributed by atoms with Crippen molar-refractivity contribution in [1.82, 2.24) is 15.1 Å². The number of phenolic OH excluding ortho intramolecular Hbond substituents is 1. The largest absolute Gasteiger partial charge is 0.507 e. The first-order chi connectivity index (χ1) is 10.7. The number of piperazine rings is 1. The second-order valence-electron chi connectivity index (χ2n) is 6.30. The highest BCUT2D eigenvalue weighted by Crippen LogP contribution is 2.20. The Balaban J connectivity index is 0.00000192. The molecular formula is C17H26ClN3O2. The Morgan fingerprint density at radius 3 is 2.43 bits per heavy atom. The molecule has 2 fully saturated rings. The highest BCUT2D eigenvalue weighted by Gasteiger charge is 2.25. The third-order valence-corrected chi connectivity index (χ3v) is 4.77. The maximum absolute atomic E-state index is 12.5. The minimum atomic E-state index is -0.0559. The third-order valence-electron chi connectivity index (χ3n) is 4.77. The van der Waals surface area contributed by atoms with Crippen molar-refractivity contribution < 1.29 is 9.90 Å². The van der Waals surface area contributed by atoms with Crippen molar-refractivity contribution in [3.63, 3.8) is 0 Å². The van der Waals surface area contributed by atoms with E-state index in [0.29, 0.717) is 5.56 Å². The summed E-state index contributed by atoms with van der Waals surface area (Å²) in [5, 5.41) is 13.2. The number of hydrogen-bond donors (Lipinski definition) is 2. The van der Waals surface area contributed by atoms with Crippen LogP contribution in [-0.4, -0.2) is 66.6 Å². The summed E-state index contributed by atoms with van der Waals surface area (Å²) >= 11 is 0. The molecule has 0 atom stereocenters. The first-order valence-electron chi connectivity index (χ1n) is 8.24. The lowest BCUT2D eigenvalue weighted by Gasteiger charge is -2.37. The van der Waals surface area contributed by atoms with Crippen LogP contribution in [0.1, 0.15) is 23.2 Å². The van der Waals surface area contributed by atoms with Crippen molar-refractivity contribution in [1.29, 1.82) is 0 Å². The van der Waals surface area contributed by atoms with Crippen molar-refractivity contribution in [3.05, 3.63) is 29.8 Å². The highest BCUT2D eigenvalue weighted by molar-refractivity contribution is 5.96. The van der Waals surface area contributed by atoms with E-state index >= 15 is 0 Å².